The number of nitrogens with zero attached hydrogens (tertiary/aromatic N) is 1. The minimum Gasteiger partial charge on any atom is -0.495 e. The number of H-pyrrole nitrogens is 1. The van der Waals surface area contributed by atoms with Gasteiger partial charge in [-0.05, 0) is 29.8 Å². The molecule has 1 fully saturated rings. The predicted octanol–water partition coefficient (Wildman–Crippen LogP) is 2.33. The van der Waals surface area contributed by atoms with Crippen LogP contribution in [0, 0.1) is 0 Å². The lowest BCUT2D eigenvalue weighted by Crippen LogP contribution is -2.48. The quantitative estimate of drug-likeness (QED) is 0.414. The monoisotopic (exact) mass is 426 g/mol. The zero-order valence-corrected chi connectivity index (χ0v) is 16.8. The Morgan fingerprint density at radius 2 is 2.07 bits per heavy atom. The molecule has 2 aromatic carbocycles. The van der Waals surface area contributed by atoms with E-state index in [-0.39, 0.29) is 24.4 Å². The number of nitrogens with one attached hydrogen (secondary N) is 3. The van der Waals surface area contributed by atoms with Crippen LogP contribution in [0.25, 0.3) is 10.9 Å². The number of hydrogen-bond donors (Lipinski definition) is 3. The maximum atomic E-state index is 12.8. The van der Waals surface area contributed by atoms with Gasteiger partial charge >= 0.3 is 0 Å². The van der Waals surface area contributed by atoms with Crippen LogP contribution in [0.5, 0.6) is 5.75 Å². The average Bonchev–Trinajstić information content (AvgIpc) is 3.26. The van der Waals surface area contributed by atoms with E-state index in [2.05, 4.69) is 15.8 Å². The lowest BCUT2D eigenvalue weighted by Gasteiger charge is -2.18. The van der Waals surface area contributed by atoms with Crippen LogP contribution in [0.3, 0.4) is 0 Å². The Kier molecular flexibility index (Phi) is 5.43. The van der Waals surface area contributed by atoms with Crippen molar-refractivity contribution in [3.8, 4) is 5.75 Å². The first kappa shape index (κ1) is 19.9. The van der Waals surface area contributed by atoms with Gasteiger partial charge in [0.2, 0.25) is 11.8 Å². The largest absolute Gasteiger partial charge is 0.495 e. The van der Waals surface area contributed by atoms with Crippen molar-refractivity contribution in [2.24, 2.45) is 0 Å². The first-order valence-electron chi connectivity index (χ1n) is 9.27. The summed E-state index contributed by atoms with van der Waals surface area (Å²) in [6.45, 7) is 0. The maximum Gasteiger partial charge on any atom is 0.253 e. The number of carbonyl (C=O) groups excluding carboxylic acids is 3. The average molecular weight is 427 g/mol. The van der Waals surface area contributed by atoms with Crippen LogP contribution in [-0.2, 0) is 20.8 Å². The molecule has 0 unspecified atom stereocenters. The second-order valence-electron chi connectivity index (χ2n) is 6.87. The molecule has 0 saturated carbocycles. The minimum atomic E-state index is -0.881. The summed E-state index contributed by atoms with van der Waals surface area (Å²) in [5.74, 6) is -0.874. The zero-order valence-electron chi connectivity index (χ0n) is 16.1. The molecule has 1 saturated heterocycles. The first-order chi connectivity index (χ1) is 14.5. The summed E-state index contributed by atoms with van der Waals surface area (Å²) in [6.07, 6.45) is 1.81. The van der Waals surface area contributed by atoms with E-state index in [0.29, 0.717) is 10.8 Å². The Balaban J connectivity index is 1.42. The Labute approximate surface area is 177 Å². The number of anilines is 1. The number of hydrazine groups is 1. The molecule has 3 aromatic rings. The Bertz CT molecular complexity index is 1140. The fourth-order valence-corrected chi connectivity index (χ4v) is 3.66. The van der Waals surface area contributed by atoms with E-state index in [1.165, 1.54) is 13.2 Å². The molecule has 3 amide bonds. The highest BCUT2D eigenvalue weighted by Crippen LogP contribution is 2.34. The van der Waals surface area contributed by atoms with Gasteiger partial charge < -0.3 is 9.72 Å². The maximum absolute atomic E-state index is 12.8. The van der Waals surface area contributed by atoms with Gasteiger partial charge in [0.15, 0.2) is 0 Å². The van der Waals surface area contributed by atoms with Gasteiger partial charge in [-0.15, -0.1) is 0 Å². The highest BCUT2D eigenvalue weighted by atomic mass is 35.5. The predicted molar refractivity (Wildman–Crippen MR) is 112 cm³/mol. The number of imide groups is 1. The number of rotatable bonds is 6. The second kappa shape index (κ2) is 8.17. The van der Waals surface area contributed by atoms with Gasteiger partial charge in [0.25, 0.3) is 5.91 Å². The van der Waals surface area contributed by atoms with Crippen LogP contribution in [0.15, 0.2) is 48.7 Å². The third-order valence-corrected chi connectivity index (χ3v) is 5.18. The number of aromatic amines is 1. The van der Waals surface area contributed by atoms with Crippen molar-refractivity contribution in [3.05, 3.63) is 59.2 Å². The molecule has 2 heterocycles. The molecular weight excluding hydrogens is 408 g/mol. The van der Waals surface area contributed by atoms with E-state index in [1.807, 2.05) is 24.3 Å². The summed E-state index contributed by atoms with van der Waals surface area (Å²) in [5, 5.41) is 1.33. The van der Waals surface area contributed by atoms with Crippen molar-refractivity contribution in [1.82, 2.24) is 15.8 Å². The lowest BCUT2D eigenvalue weighted by molar-refractivity contribution is -0.122. The zero-order chi connectivity index (χ0) is 21.3. The molecule has 3 N–H and O–H groups in total. The van der Waals surface area contributed by atoms with Gasteiger partial charge in [-0.1, -0.05) is 29.8 Å². The molecule has 30 heavy (non-hydrogen) atoms. The van der Waals surface area contributed by atoms with Crippen molar-refractivity contribution < 1.29 is 19.1 Å². The summed E-state index contributed by atoms with van der Waals surface area (Å²) in [5.41, 5.74) is 7.26. The van der Waals surface area contributed by atoms with Crippen molar-refractivity contribution in [2.75, 3.05) is 12.0 Å². The van der Waals surface area contributed by atoms with E-state index in [0.717, 1.165) is 21.4 Å². The van der Waals surface area contributed by atoms with Crippen LogP contribution in [0.1, 0.15) is 12.0 Å². The number of benzene rings is 2. The fourth-order valence-electron chi connectivity index (χ4n) is 3.50. The number of fused-ring (bicyclic) bond motifs is 1. The molecule has 0 bridgehead atoms. The third kappa shape index (κ3) is 3.74. The minimum absolute atomic E-state index is 0.0954. The fraction of sp³-hybridized carbons (Fsp3) is 0.190. The van der Waals surface area contributed by atoms with Gasteiger partial charge in [-0.2, -0.15) is 0 Å². The third-order valence-electron chi connectivity index (χ3n) is 4.94. The highest BCUT2D eigenvalue weighted by Gasteiger charge is 2.41. The van der Waals surface area contributed by atoms with Crippen LogP contribution in [0.2, 0.25) is 5.02 Å². The molecule has 4 rings (SSSR count). The van der Waals surface area contributed by atoms with Gasteiger partial charge in [0, 0.05) is 22.1 Å². The molecule has 0 aliphatic carbocycles. The summed E-state index contributed by atoms with van der Waals surface area (Å²) >= 11 is 6.02. The van der Waals surface area contributed by atoms with E-state index in [1.54, 1.807) is 18.3 Å². The molecule has 154 valence electrons. The molecule has 1 atom stereocenters. The van der Waals surface area contributed by atoms with Crippen molar-refractivity contribution in [1.29, 1.82) is 0 Å². The number of ether oxygens (including phenoxy) is 1. The standard InChI is InChI=1S/C21H19ClN4O4/c1-30-18-7-6-13(22)9-17(18)26-20(28)10-16(21(26)29)24-25-19(27)8-12-11-23-15-5-3-2-4-14(12)15/h2-7,9,11,16,23-24H,8,10H2,1H3,(H,25,27)/t16-/m1/s1. The van der Waals surface area contributed by atoms with Crippen LogP contribution in [0.4, 0.5) is 5.69 Å². The topological polar surface area (TPSA) is 104 Å². The Morgan fingerprint density at radius 3 is 2.87 bits per heavy atom. The van der Waals surface area contributed by atoms with Crippen molar-refractivity contribution in [2.45, 2.75) is 18.9 Å². The van der Waals surface area contributed by atoms with E-state index < -0.39 is 17.9 Å². The van der Waals surface area contributed by atoms with Crippen molar-refractivity contribution in [3.63, 3.8) is 0 Å². The molecule has 0 spiro atoms. The molecular formula is C21H19ClN4O4. The normalized spacial score (nSPS) is 16.3. The van der Waals surface area contributed by atoms with Gasteiger partial charge in [-0.25, -0.2) is 10.3 Å². The molecule has 0 radical (unpaired) electrons. The van der Waals surface area contributed by atoms with Crippen LogP contribution in [-0.4, -0.2) is 35.9 Å². The van der Waals surface area contributed by atoms with Crippen molar-refractivity contribution >= 4 is 45.9 Å². The van der Waals surface area contributed by atoms with Gasteiger partial charge in [0.1, 0.15) is 11.8 Å². The summed E-state index contributed by atoms with van der Waals surface area (Å²) < 4.78 is 5.24. The van der Waals surface area contributed by atoms with E-state index in [4.69, 9.17) is 16.3 Å². The molecule has 1 aromatic heterocycles. The van der Waals surface area contributed by atoms with E-state index >= 15 is 0 Å². The number of amides is 3. The van der Waals surface area contributed by atoms with Crippen LogP contribution < -0.4 is 20.5 Å². The Morgan fingerprint density at radius 1 is 1.27 bits per heavy atom. The molecule has 1 aliphatic heterocycles. The molecule has 8 nitrogen and oxygen atoms in total. The number of carbonyl (C=O) groups is 3. The number of hydrogen-bond acceptors (Lipinski definition) is 5. The summed E-state index contributed by atoms with van der Waals surface area (Å²) in [6, 6.07) is 11.5. The lowest BCUT2D eigenvalue weighted by atomic mass is 10.1. The van der Waals surface area contributed by atoms with E-state index in [9.17, 15) is 14.4 Å². The number of aromatic nitrogens is 1. The smallest absolute Gasteiger partial charge is 0.253 e. The van der Waals surface area contributed by atoms with Gasteiger partial charge in [-0.3, -0.25) is 19.8 Å². The number of halogens is 1. The SMILES string of the molecule is COc1ccc(Cl)cc1N1C(=O)C[C@@H](NNC(=O)Cc2c[nH]c3ccccc23)C1=O. The van der Waals surface area contributed by atoms with Crippen LogP contribution >= 0.6 is 11.6 Å². The second-order valence-corrected chi connectivity index (χ2v) is 7.31. The first-order valence-corrected chi connectivity index (χ1v) is 9.65. The molecule has 9 heteroatoms. The van der Waals surface area contributed by atoms with Gasteiger partial charge in [0.05, 0.1) is 25.6 Å². The highest BCUT2D eigenvalue weighted by molar-refractivity contribution is 6.31. The number of para-hydroxylation sites is 1. The Hall–Kier alpha value is -3.36. The molecule has 1 aliphatic rings. The summed E-state index contributed by atoms with van der Waals surface area (Å²) in [4.78, 5) is 41.8. The summed E-state index contributed by atoms with van der Waals surface area (Å²) in [7, 11) is 1.44. The number of methoxy groups -OCH3 is 1.